The second kappa shape index (κ2) is 7.31. The molecular weight excluding hydrogens is 240 g/mol. The highest BCUT2D eigenvalue weighted by atomic mass is 32.2. The lowest BCUT2D eigenvalue weighted by atomic mass is 9.97. The second-order valence-electron chi connectivity index (χ2n) is 4.55. The highest BCUT2D eigenvalue weighted by Gasteiger charge is 2.26. The van der Waals surface area contributed by atoms with Crippen molar-refractivity contribution in [2.75, 3.05) is 32.1 Å². The van der Waals surface area contributed by atoms with Crippen LogP contribution in [-0.2, 0) is 14.8 Å². The molecule has 1 fully saturated rings. The molecule has 1 aliphatic rings. The summed E-state index contributed by atoms with van der Waals surface area (Å²) in [7, 11) is -3.19. The van der Waals surface area contributed by atoms with Gasteiger partial charge in [0, 0.05) is 13.2 Å². The zero-order valence-corrected chi connectivity index (χ0v) is 11.3. The molecule has 1 rings (SSSR count). The molecule has 2 unspecified atom stereocenters. The quantitative estimate of drug-likeness (QED) is 0.619. The smallest absolute Gasteiger partial charge is 0.213 e. The molecule has 6 heteroatoms. The van der Waals surface area contributed by atoms with Crippen LogP contribution in [0, 0.1) is 11.8 Å². The summed E-state index contributed by atoms with van der Waals surface area (Å²) in [6.45, 7) is 3.84. The van der Waals surface area contributed by atoms with Crippen LogP contribution in [0.3, 0.4) is 0 Å². The maximum absolute atomic E-state index is 11.6. The number of ether oxygens (including phenoxy) is 1. The summed E-state index contributed by atoms with van der Waals surface area (Å²) in [5.41, 5.74) is 5.66. The highest BCUT2D eigenvalue weighted by Crippen LogP contribution is 2.30. The topological polar surface area (TPSA) is 81.4 Å². The third kappa shape index (κ3) is 5.33. The van der Waals surface area contributed by atoms with Crippen molar-refractivity contribution in [3.8, 4) is 0 Å². The molecule has 0 aromatic heterocycles. The van der Waals surface area contributed by atoms with E-state index in [4.69, 9.17) is 10.5 Å². The average molecular weight is 264 g/mol. The molecule has 5 nitrogen and oxygen atoms in total. The van der Waals surface area contributed by atoms with Gasteiger partial charge in [-0.15, -0.1) is 0 Å². The molecule has 0 aliphatic heterocycles. The van der Waals surface area contributed by atoms with Crippen LogP contribution >= 0.6 is 0 Å². The third-order valence-electron chi connectivity index (χ3n) is 3.39. The van der Waals surface area contributed by atoms with Crippen LogP contribution < -0.4 is 10.5 Å². The van der Waals surface area contributed by atoms with E-state index in [9.17, 15) is 8.42 Å². The van der Waals surface area contributed by atoms with Gasteiger partial charge >= 0.3 is 0 Å². The molecule has 0 heterocycles. The summed E-state index contributed by atoms with van der Waals surface area (Å²) in [6.07, 6.45) is 3.37. The van der Waals surface area contributed by atoms with E-state index in [2.05, 4.69) is 4.72 Å². The molecule has 0 amide bonds. The van der Waals surface area contributed by atoms with E-state index in [1.165, 1.54) is 0 Å². The summed E-state index contributed by atoms with van der Waals surface area (Å²) in [5.74, 6) is 0.923. The molecule has 0 spiro atoms. The van der Waals surface area contributed by atoms with Crippen molar-refractivity contribution in [2.24, 2.45) is 17.6 Å². The van der Waals surface area contributed by atoms with E-state index < -0.39 is 10.0 Å². The van der Waals surface area contributed by atoms with Crippen molar-refractivity contribution < 1.29 is 13.2 Å². The Hall–Kier alpha value is -0.170. The first-order valence-corrected chi connectivity index (χ1v) is 7.99. The van der Waals surface area contributed by atoms with E-state index >= 15 is 0 Å². The molecule has 2 atom stereocenters. The van der Waals surface area contributed by atoms with Crippen LogP contribution in [0.5, 0.6) is 0 Å². The van der Waals surface area contributed by atoms with E-state index in [0.717, 1.165) is 19.3 Å². The lowest BCUT2D eigenvalue weighted by Crippen LogP contribution is -2.35. The molecule has 1 aliphatic carbocycles. The van der Waals surface area contributed by atoms with Crippen LogP contribution in [0.1, 0.15) is 26.2 Å². The van der Waals surface area contributed by atoms with Gasteiger partial charge in [0.1, 0.15) is 0 Å². The molecule has 1 saturated carbocycles. The van der Waals surface area contributed by atoms with Gasteiger partial charge in [-0.05, 0) is 38.1 Å². The zero-order valence-electron chi connectivity index (χ0n) is 10.5. The highest BCUT2D eigenvalue weighted by molar-refractivity contribution is 7.89. The van der Waals surface area contributed by atoms with Gasteiger partial charge in [0.2, 0.25) is 10.0 Å². The summed E-state index contributed by atoms with van der Waals surface area (Å²) in [5, 5.41) is 0. The number of nitrogens with two attached hydrogens (primary N) is 1. The van der Waals surface area contributed by atoms with Gasteiger partial charge in [-0.1, -0.05) is 6.42 Å². The Kier molecular flexibility index (Phi) is 6.40. The minimum absolute atomic E-state index is 0.0425. The monoisotopic (exact) mass is 264 g/mol. The van der Waals surface area contributed by atoms with Crippen LogP contribution in [0.4, 0.5) is 0 Å². The Morgan fingerprint density at radius 3 is 2.71 bits per heavy atom. The lowest BCUT2D eigenvalue weighted by molar-refractivity contribution is 0.163. The first-order chi connectivity index (χ1) is 8.09. The third-order valence-corrected chi connectivity index (χ3v) is 4.70. The predicted molar refractivity (Wildman–Crippen MR) is 68.2 cm³/mol. The molecule has 0 aromatic rings. The summed E-state index contributed by atoms with van der Waals surface area (Å²) >= 11 is 0. The zero-order chi connectivity index (χ0) is 12.7. The molecular formula is C11H24N2O3S. The van der Waals surface area contributed by atoms with Gasteiger partial charge in [0.15, 0.2) is 0 Å². The molecule has 3 N–H and O–H groups in total. The maximum Gasteiger partial charge on any atom is 0.213 e. The molecule has 0 bridgehead atoms. The van der Waals surface area contributed by atoms with Crippen LogP contribution in [0.15, 0.2) is 0 Å². The van der Waals surface area contributed by atoms with Crippen LogP contribution in [0.2, 0.25) is 0 Å². The van der Waals surface area contributed by atoms with E-state index in [-0.39, 0.29) is 12.4 Å². The first kappa shape index (κ1) is 14.9. The minimum Gasteiger partial charge on any atom is -0.381 e. The average Bonchev–Trinajstić information content (AvgIpc) is 2.74. The summed E-state index contributed by atoms with van der Waals surface area (Å²) in [4.78, 5) is 0. The van der Waals surface area contributed by atoms with Crippen molar-refractivity contribution in [3.63, 3.8) is 0 Å². The van der Waals surface area contributed by atoms with Crippen molar-refractivity contribution in [1.29, 1.82) is 0 Å². The Morgan fingerprint density at radius 2 is 2.06 bits per heavy atom. The SMILES string of the molecule is CCOCCS(=O)(=O)NCC1CCCC1CN. The molecule has 17 heavy (non-hydrogen) atoms. The Bertz CT molecular complexity index is 306. The van der Waals surface area contributed by atoms with Gasteiger partial charge in [-0.3, -0.25) is 0 Å². The van der Waals surface area contributed by atoms with Gasteiger partial charge in [0.05, 0.1) is 12.4 Å². The number of nitrogens with one attached hydrogen (secondary N) is 1. The molecule has 0 radical (unpaired) electrons. The van der Waals surface area contributed by atoms with Gasteiger partial charge in [-0.2, -0.15) is 0 Å². The maximum atomic E-state index is 11.6. The Morgan fingerprint density at radius 1 is 1.35 bits per heavy atom. The van der Waals surface area contributed by atoms with E-state index in [1.54, 1.807) is 0 Å². The fourth-order valence-corrected chi connectivity index (χ4v) is 3.26. The van der Waals surface area contributed by atoms with E-state index in [0.29, 0.717) is 31.5 Å². The summed E-state index contributed by atoms with van der Waals surface area (Å²) < 4.78 is 31.0. The van der Waals surface area contributed by atoms with Crippen molar-refractivity contribution in [3.05, 3.63) is 0 Å². The first-order valence-electron chi connectivity index (χ1n) is 6.34. The normalized spacial score (nSPS) is 25.3. The Labute approximate surface area is 104 Å². The fourth-order valence-electron chi connectivity index (χ4n) is 2.31. The van der Waals surface area contributed by atoms with Gasteiger partial charge in [0.25, 0.3) is 0 Å². The summed E-state index contributed by atoms with van der Waals surface area (Å²) in [6, 6.07) is 0. The predicted octanol–water partition coefficient (Wildman–Crippen LogP) is 0.317. The van der Waals surface area contributed by atoms with Crippen molar-refractivity contribution in [1.82, 2.24) is 4.72 Å². The molecule has 0 aromatic carbocycles. The van der Waals surface area contributed by atoms with Crippen molar-refractivity contribution in [2.45, 2.75) is 26.2 Å². The number of sulfonamides is 1. The lowest BCUT2D eigenvalue weighted by Gasteiger charge is -2.18. The largest absolute Gasteiger partial charge is 0.381 e. The fraction of sp³-hybridized carbons (Fsp3) is 1.00. The minimum atomic E-state index is -3.19. The van der Waals surface area contributed by atoms with Crippen LogP contribution in [-0.4, -0.2) is 40.5 Å². The number of hydrogen-bond donors (Lipinski definition) is 2. The van der Waals surface area contributed by atoms with Gasteiger partial charge < -0.3 is 10.5 Å². The molecule has 0 saturated heterocycles. The van der Waals surface area contributed by atoms with Crippen LogP contribution in [0.25, 0.3) is 0 Å². The molecule has 102 valence electrons. The number of hydrogen-bond acceptors (Lipinski definition) is 4. The Balaban J connectivity index is 2.28. The van der Waals surface area contributed by atoms with Gasteiger partial charge in [-0.25, -0.2) is 13.1 Å². The van der Waals surface area contributed by atoms with E-state index in [1.807, 2.05) is 6.92 Å². The van der Waals surface area contributed by atoms with Crippen molar-refractivity contribution >= 4 is 10.0 Å². The second-order valence-corrected chi connectivity index (χ2v) is 6.48. The number of rotatable bonds is 8. The standard InChI is InChI=1S/C11H24N2O3S/c1-2-16-6-7-17(14,15)13-9-11-5-3-4-10(11)8-12/h10-11,13H,2-9,12H2,1H3.